The first-order chi connectivity index (χ1) is 18.3. The summed E-state index contributed by atoms with van der Waals surface area (Å²) in [5.41, 5.74) is 1.41. The summed E-state index contributed by atoms with van der Waals surface area (Å²) in [6.07, 6.45) is 7.26. The van der Waals surface area contributed by atoms with E-state index in [1.165, 1.54) is 62.3 Å². The van der Waals surface area contributed by atoms with Crippen LogP contribution in [0.1, 0.15) is 80.1 Å². The van der Waals surface area contributed by atoms with Gasteiger partial charge in [0.15, 0.2) is 0 Å². The molecule has 0 saturated carbocycles. The number of fused-ring (bicyclic) bond motifs is 1. The van der Waals surface area contributed by atoms with Crippen LogP contribution in [0.15, 0.2) is 48.5 Å². The summed E-state index contributed by atoms with van der Waals surface area (Å²) in [5, 5.41) is 13.3. The van der Waals surface area contributed by atoms with Gasteiger partial charge >= 0.3 is 234 Å². The van der Waals surface area contributed by atoms with E-state index in [0.717, 1.165) is 16.3 Å². The third-order valence-corrected chi connectivity index (χ3v) is 23.1. The molecule has 3 rings (SSSR count). The maximum atomic E-state index is 12.3. The van der Waals surface area contributed by atoms with E-state index in [-0.39, 0.29) is 11.9 Å². The first-order valence-corrected chi connectivity index (χ1v) is 22.0. The van der Waals surface area contributed by atoms with Gasteiger partial charge in [-0.05, 0) is 0 Å². The second-order valence-electron chi connectivity index (χ2n) is 10.9. The number of esters is 1. The summed E-state index contributed by atoms with van der Waals surface area (Å²) in [4.78, 5) is 12.3. The van der Waals surface area contributed by atoms with Crippen molar-refractivity contribution in [3.05, 3.63) is 48.5 Å². The van der Waals surface area contributed by atoms with E-state index in [0.29, 0.717) is 17.1 Å². The molecule has 3 aromatic rings. The van der Waals surface area contributed by atoms with Gasteiger partial charge in [-0.15, -0.1) is 0 Å². The van der Waals surface area contributed by atoms with Crippen molar-refractivity contribution < 1.29 is 19.4 Å². The van der Waals surface area contributed by atoms with Gasteiger partial charge in [-0.25, -0.2) is 0 Å². The number of hydrogen-bond acceptors (Lipinski definition) is 4. The predicted octanol–water partition coefficient (Wildman–Crippen LogP) is 8.98. The van der Waals surface area contributed by atoms with Gasteiger partial charge in [-0.1, -0.05) is 0 Å². The molecule has 206 valence electrons. The number of carbonyl (C=O) groups excluding carboxylic acids is 1. The normalized spacial score (nSPS) is 11.8. The summed E-state index contributed by atoms with van der Waals surface area (Å²) in [6.45, 7) is 12.2. The molecule has 3 aromatic carbocycles. The molecule has 0 aliphatic rings. The Morgan fingerprint density at radius 2 is 1.42 bits per heavy atom. The molecule has 0 heterocycles. The fraction of sp³-hybridized carbons (Fsp3) is 0.485. The molecule has 0 radical (unpaired) electrons. The van der Waals surface area contributed by atoms with Crippen molar-refractivity contribution in [2.45, 2.75) is 99.5 Å². The number of rotatable bonds is 14. The van der Waals surface area contributed by atoms with E-state index in [9.17, 15) is 9.90 Å². The van der Waals surface area contributed by atoms with Crippen molar-refractivity contribution >= 4 is 38.7 Å². The van der Waals surface area contributed by atoms with Crippen molar-refractivity contribution in [1.29, 1.82) is 0 Å². The molecule has 1 N–H and O–H groups in total. The molecule has 0 fully saturated rings. The summed E-state index contributed by atoms with van der Waals surface area (Å²) >= 11 is -2.77. The van der Waals surface area contributed by atoms with Crippen molar-refractivity contribution in [3.63, 3.8) is 0 Å². The standard InChI is InChI=1S/C21H19O4.3C4H9.Sn/c1-13(2)24-21-18(15-9-5-4-6-10-15)19(23)16-11-7-8-12-17(16)20(21)25-14(3)22;3*1-3-4-2;/h4-6,8-13,23H,1-3H3;3*1,3-4H2,2H3;. The zero-order chi connectivity index (χ0) is 27.7. The van der Waals surface area contributed by atoms with Crippen LogP contribution in [0, 0.1) is 0 Å². The van der Waals surface area contributed by atoms with Crippen LogP contribution in [-0.2, 0) is 4.79 Å². The number of ether oxygens (including phenoxy) is 2. The van der Waals surface area contributed by atoms with Crippen molar-refractivity contribution in [3.8, 4) is 28.4 Å². The van der Waals surface area contributed by atoms with Gasteiger partial charge in [0.25, 0.3) is 0 Å². The number of phenolic OH excluding ortho intramolecular Hbond substituents is 1. The average Bonchev–Trinajstić information content (AvgIpc) is 2.90. The number of carbonyl (C=O) groups is 1. The second kappa shape index (κ2) is 14.3. The Hall–Kier alpha value is -2.21. The molecule has 0 aromatic heterocycles. The minimum atomic E-state index is -2.77. The van der Waals surface area contributed by atoms with E-state index >= 15 is 0 Å². The topological polar surface area (TPSA) is 55.8 Å². The van der Waals surface area contributed by atoms with Gasteiger partial charge in [0.2, 0.25) is 0 Å². The predicted molar refractivity (Wildman–Crippen MR) is 163 cm³/mol. The monoisotopic (exact) mass is 626 g/mol. The van der Waals surface area contributed by atoms with Crippen LogP contribution in [0.2, 0.25) is 13.3 Å². The average molecular weight is 625 g/mol. The Balaban J connectivity index is 2.38. The van der Waals surface area contributed by atoms with Crippen LogP contribution in [0.25, 0.3) is 21.9 Å². The third kappa shape index (κ3) is 7.05. The molecule has 0 amide bonds. The van der Waals surface area contributed by atoms with Crippen LogP contribution in [0.3, 0.4) is 0 Å². The van der Waals surface area contributed by atoms with E-state index in [4.69, 9.17) is 9.47 Å². The summed E-state index contributed by atoms with van der Waals surface area (Å²) in [7, 11) is 0. The van der Waals surface area contributed by atoms with Gasteiger partial charge < -0.3 is 0 Å². The molecule has 38 heavy (non-hydrogen) atoms. The van der Waals surface area contributed by atoms with Gasteiger partial charge in [0.05, 0.1) is 0 Å². The fourth-order valence-corrected chi connectivity index (χ4v) is 21.5. The number of phenols is 1. The maximum absolute atomic E-state index is 12.3. The van der Waals surface area contributed by atoms with Gasteiger partial charge in [-0.2, -0.15) is 0 Å². The molecule has 0 atom stereocenters. The van der Waals surface area contributed by atoms with Crippen LogP contribution < -0.4 is 13.1 Å². The molecular formula is C33H46O4Sn. The first kappa shape index (κ1) is 30.3. The fourth-order valence-electron chi connectivity index (χ4n) is 5.57. The number of hydrogen-bond donors (Lipinski definition) is 1. The molecule has 0 saturated heterocycles. The molecule has 0 spiro atoms. The third-order valence-electron chi connectivity index (χ3n) is 7.49. The number of aromatic hydroxyl groups is 1. The Labute approximate surface area is 233 Å². The van der Waals surface area contributed by atoms with E-state index in [2.05, 4.69) is 39.0 Å². The van der Waals surface area contributed by atoms with Crippen molar-refractivity contribution in [1.82, 2.24) is 0 Å². The van der Waals surface area contributed by atoms with Crippen molar-refractivity contribution in [2.75, 3.05) is 0 Å². The van der Waals surface area contributed by atoms with Crippen LogP contribution in [0.5, 0.6) is 17.2 Å². The SMILES string of the molecule is CCC[CH2][Sn]([CH2]CCC)([CH2]CCC)[c]1ccc2c(OC(C)=O)c(OC(C)C)c(-c3ccccc3)c(O)c2c1. The van der Waals surface area contributed by atoms with Gasteiger partial charge in [-0.3, -0.25) is 0 Å². The molecule has 5 heteroatoms. The Morgan fingerprint density at radius 1 is 0.842 bits per heavy atom. The van der Waals surface area contributed by atoms with Gasteiger partial charge in [0.1, 0.15) is 0 Å². The van der Waals surface area contributed by atoms with E-state index in [1.54, 1.807) is 0 Å². The minimum absolute atomic E-state index is 0.163. The molecule has 4 nitrogen and oxygen atoms in total. The van der Waals surface area contributed by atoms with E-state index < -0.39 is 24.3 Å². The summed E-state index contributed by atoms with van der Waals surface area (Å²) < 4.78 is 17.6. The molecule has 0 bridgehead atoms. The first-order valence-electron chi connectivity index (χ1n) is 14.5. The summed E-state index contributed by atoms with van der Waals surface area (Å²) in [6, 6.07) is 16.4. The molecular weight excluding hydrogens is 579 g/mol. The Morgan fingerprint density at radius 3 is 1.92 bits per heavy atom. The zero-order valence-corrected chi connectivity index (χ0v) is 27.1. The summed E-state index contributed by atoms with van der Waals surface area (Å²) in [5.74, 6) is 0.593. The second-order valence-corrected chi connectivity index (χ2v) is 24.1. The van der Waals surface area contributed by atoms with E-state index in [1.807, 2.05) is 44.2 Å². The Bertz CT molecular complexity index is 1180. The molecule has 0 aliphatic carbocycles. The Kier molecular flexibility index (Phi) is 11.4. The zero-order valence-electron chi connectivity index (χ0n) is 24.2. The van der Waals surface area contributed by atoms with Crippen LogP contribution in [-0.4, -0.2) is 35.6 Å². The number of benzene rings is 3. The molecule has 0 unspecified atom stereocenters. The number of unbranched alkanes of at least 4 members (excludes halogenated alkanes) is 3. The van der Waals surface area contributed by atoms with Crippen LogP contribution >= 0.6 is 0 Å². The molecule has 0 aliphatic heterocycles. The van der Waals surface area contributed by atoms with Crippen LogP contribution in [0.4, 0.5) is 0 Å². The quantitative estimate of drug-likeness (QED) is 0.110. The van der Waals surface area contributed by atoms with Gasteiger partial charge in [0, 0.05) is 0 Å². The van der Waals surface area contributed by atoms with Crippen molar-refractivity contribution in [2.24, 2.45) is 0 Å².